The predicted octanol–water partition coefficient (Wildman–Crippen LogP) is 2.66. The molecule has 1 saturated heterocycles. The Morgan fingerprint density at radius 3 is 2.70 bits per heavy atom. The fraction of sp³-hybridized carbons (Fsp3) is 0.429. The number of nitrogens with one attached hydrogen (secondary N) is 1. The molecule has 8 nitrogen and oxygen atoms in total. The minimum atomic E-state index is -3.20. The lowest BCUT2D eigenvalue weighted by Crippen LogP contribution is -2.47. The third kappa shape index (κ3) is 5.40. The van der Waals surface area contributed by atoms with E-state index in [1.807, 2.05) is 6.92 Å². The highest BCUT2D eigenvalue weighted by Gasteiger charge is 2.28. The van der Waals surface area contributed by atoms with Gasteiger partial charge < -0.3 is 14.5 Å². The number of carbonyl (C=O) groups excluding carboxylic acids is 1. The summed E-state index contributed by atoms with van der Waals surface area (Å²) in [7, 11) is -3.20. The molecule has 0 aliphatic carbocycles. The molecule has 0 atom stereocenters. The van der Waals surface area contributed by atoms with Crippen molar-refractivity contribution in [3.63, 3.8) is 0 Å². The molecule has 9 heteroatoms. The molecule has 0 saturated carbocycles. The van der Waals surface area contributed by atoms with Gasteiger partial charge in [-0.1, -0.05) is 19.1 Å². The van der Waals surface area contributed by atoms with Crippen LogP contribution in [0.5, 0.6) is 5.75 Å². The number of piperidine rings is 1. The van der Waals surface area contributed by atoms with Crippen LogP contribution in [0.1, 0.15) is 48.1 Å². The minimum absolute atomic E-state index is 0.0969. The number of hydrogen-bond acceptors (Lipinski definition) is 6. The van der Waals surface area contributed by atoms with E-state index in [-0.39, 0.29) is 30.1 Å². The van der Waals surface area contributed by atoms with E-state index < -0.39 is 10.0 Å². The van der Waals surface area contributed by atoms with Gasteiger partial charge in [-0.25, -0.2) is 12.7 Å². The quantitative estimate of drug-likeness (QED) is 0.688. The largest absolute Gasteiger partial charge is 0.484 e. The molecule has 1 aromatic heterocycles. The van der Waals surface area contributed by atoms with Crippen molar-refractivity contribution in [1.29, 1.82) is 5.26 Å². The van der Waals surface area contributed by atoms with Crippen molar-refractivity contribution in [3.05, 3.63) is 53.5 Å². The summed E-state index contributed by atoms with van der Waals surface area (Å²) in [5.41, 5.74) is 0.425. The van der Waals surface area contributed by atoms with E-state index in [0.717, 1.165) is 0 Å². The van der Waals surface area contributed by atoms with Crippen LogP contribution in [0.4, 0.5) is 0 Å². The van der Waals surface area contributed by atoms with Gasteiger partial charge in [0.1, 0.15) is 24.2 Å². The van der Waals surface area contributed by atoms with Gasteiger partial charge in [0.25, 0.3) is 5.91 Å². The molecule has 1 amide bonds. The number of rotatable bonds is 8. The van der Waals surface area contributed by atoms with Crippen LogP contribution < -0.4 is 10.1 Å². The molecule has 1 fully saturated rings. The van der Waals surface area contributed by atoms with Crippen molar-refractivity contribution in [1.82, 2.24) is 9.62 Å². The van der Waals surface area contributed by atoms with Gasteiger partial charge in [-0.15, -0.1) is 0 Å². The van der Waals surface area contributed by atoms with Crippen molar-refractivity contribution >= 4 is 15.9 Å². The lowest BCUT2D eigenvalue weighted by molar-refractivity contribution is 0.0891. The van der Waals surface area contributed by atoms with E-state index in [1.165, 1.54) is 4.31 Å². The molecular weight excluding hydrogens is 406 g/mol. The van der Waals surface area contributed by atoms with E-state index in [9.17, 15) is 13.2 Å². The van der Waals surface area contributed by atoms with Crippen LogP contribution in [0.25, 0.3) is 0 Å². The summed E-state index contributed by atoms with van der Waals surface area (Å²) in [5, 5.41) is 12.0. The second-order valence-corrected chi connectivity index (χ2v) is 9.21. The SMILES string of the molecule is CCCS(=O)(=O)N1CCC(NC(=O)c2ccc(COc3ccccc3C#N)o2)CC1. The highest BCUT2D eigenvalue weighted by atomic mass is 32.2. The Kier molecular flexibility index (Phi) is 7.13. The van der Waals surface area contributed by atoms with Gasteiger partial charge in [-0.2, -0.15) is 5.26 Å². The summed E-state index contributed by atoms with van der Waals surface area (Å²) in [6.07, 6.45) is 1.72. The zero-order valence-corrected chi connectivity index (χ0v) is 17.7. The topological polar surface area (TPSA) is 113 Å². The fourth-order valence-electron chi connectivity index (χ4n) is 3.33. The van der Waals surface area contributed by atoms with Gasteiger partial charge in [-0.05, 0) is 43.5 Å². The second-order valence-electron chi connectivity index (χ2n) is 7.13. The number of ether oxygens (including phenoxy) is 1. The number of para-hydroxylation sites is 1. The van der Waals surface area contributed by atoms with Crippen molar-refractivity contribution in [2.75, 3.05) is 18.8 Å². The summed E-state index contributed by atoms with van der Waals surface area (Å²) in [6, 6.07) is 12.1. The first-order valence-electron chi connectivity index (χ1n) is 9.92. The van der Waals surface area contributed by atoms with Gasteiger partial charge in [0.2, 0.25) is 10.0 Å². The highest BCUT2D eigenvalue weighted by molar-refractivity contribution is 7.89. The molecule has 0 unspecified atom stereocenters. The van der Waals surface area contributed by atoms with E-state index >= 15 is 0 Å². The van der Waals surface area contributed by atoms with Crippen LogP contribution in [-0.2, 0) is 16.6 Å². The van der Waals surface area contributed by atoms with E-state index in [4.69, 9.17) is 14.4 Å². The number of sulfonamides is 1. The Morgan fingerprint density at radius 2 is 2.00 bits per heavy atom. The molecule has 0 radical (unpaired) electrons. The van der Waals surface area contributed by atoms with Crippen molar-refractivity contribution < 1.29 is 22.4 Å². The zero-order chi connectivity index (χ0) is 21.6. The van der Waals surface area contributed by atoms with Gasteiger partial charge in [-0.3, -0.25) is 4.79 Å². The summed E-state index contributed by atoms with van der Waals surface area (Å²) >= 11 is 0. The van der Waals surface area contributed by atoms with Crippen LogP contribution in [0, 0.1) is 11.3 Å². The predicted molar refractivity (Wildman–Crippen MR) is 110 cm³/mol. The number of benzene rings is 1. The van der Waals surface area contributed by atoms with Crippen LogP contribution in [-0.4, -0.2) is 43.5 Å². The van der Waals surface area contributed by atoms with Crippen molar-refractivity contribution in [3.8, 4) is 11.8 Å². The van der Waals surface area contributed by atoms with Crippen LogP contribution in [0.2, 0.25) is 0 Å². The zero-order valence-electron chi connectivity index (χ0n) is 16.8. The third-order valence-electron chi connectivity index (χ3n) is 4.91. The third-order valence-corrected chi connectivity index (χ3v) is 6.98. The number of furan rings is 1. The smallest absolute Gasteiger partial charge is 0.287 e. The average molecular weight is 432 g/mol. The minimum Gasteiger partial charge on any atom is -0.484 e. The number of amides is 1. The Hall–Kier alpha value is -2.83. The molecule has 3 rings (SSSR count). The van der Waals surface area contributed by atoms with Crippen LogP contribution in [0.3, 0.4) is 0 Å². The fourth-order valence-corrected chi connectivity index (χ4v) is 4.87. The lowest BCUT2D eigenvalue weighted by atomic mass is 10.1. The molecule has 2 aromatic rings. The number of carbonyl (C=O) groups is 1. The van der Waals surface area contributed by atoms with Gasteiger partial charge >= 0.3 is 0 Å². The molecule has 1 N–H and O–H groups in total. The van der Waals surface area contributed by atoms with E-state index in [1.54, 1.807) is 36.4 Å². The molecule has 160 valence electrons. The first kappa shape index (κ1) is 21.9. The van der Waals surface area contributed by atoms with E-state index in [2.05, 4.69) is 11.4 Å². The summed E-state index contributed by atoms with van der Waals surface area (Å²) < 4.78 is 36.9. The number of hydrogen-bond donors (Lipinski definition) is 1. The molecule has 30 heavy (non-hydrogen) atoms. The first-order chi connectivity index (χ1) is 14.4. The van der Waals surface area contributed by atoms with Crippen molar-refractivity contribution in [2.45, 2.75) is 38.8 Å². The molecule has 1 aromatic carbocycles. The molecule has 1 aliphatic rings. The molecule has 2 heterocycles. The van der Waals surface area contributed by atoms with E-state index in [0.29, 0.717) is 49.4 Å². The maximum Gasteiger partial charge on any atom is 0.287 e. The lowest BCUT2D eigenvalue weighted by Gasteiger charge is -2.31. The molecule has 1 aliphatic heterocycles. The Balaban J connectivity index is 1.50. The monoisotopic (exact) mass is 431 g/mol. The van der Waals surface area contributed by atoms with Gasteiger partial charge in [0, 0.05) is 19.1 Å². The Bertz CT molecular complexity index is 1020. The number of nitrogens with zero attached hydrogens (tertiary/aromatic N) is 2. The normalized spacial score (nSPS) is 15.5. The Labute approximate surface area is 176 Å². The van der Waals surface area contributed by atoms with Crippen molar-refractivity contribution in [2.24, 2.45) is 0 Å². The molecule has 0 spiro atoms. The number of nitriles is 1. The first-order valence-corrected chi connectivity index (χ1v) is 11.5. The van der Waals surface area contributed by atoms with Gasteiger partial charge in [0.05, 0.1) is 11.3 Å². The summed E-state index contributed by atoms with van der Waals surface area (Å²) in [4.78, 5) is 12.5. The van der Waals surface area contributed by atoms with Gasteiger partial charge in [0.15, 0.2) is 5.76 Å². The average Bonchev–Trinajstić information content (AvgIpc) is 3.22. The van der Waals surface area contributed by atoms with Crippen LogP contribution >= 0.6 is 0 Å². The highest BCUT2D eigenvalue weighted by Crippen LogP contribution is 2.20. The second kappa shape index (κ2) is 9.78. The Morgan fingerprint density at radius 1 is 1.27 bits per heavy atom. The molecule has 0 bridgehead atoms. The maximum absolute atomic E-state index is 12.5. The summed E-state index contributed by atoms with van der Waals surface area (Å²) in [5.74, 6) is 0.900. The maximum atomic E-state index is 12.5. The standard InChI is InChI=1S/C21H25N3O5S/c1-2-13-30(26,27)24-11-9-17(10-12-24)23-21(25)20-8-7-18(29-20)15-28-19-6-4-3-5-16(19)14-22/h3-8,17H,2,9-13,15H2,1H3,(H,23,25). The summed E-state index contributed by atoms with van der Waals surface area (Å²) in [6.45, 7) is 2.75. The van der Waals surface area contributed by atoms with Crippen LogP contribution in [0.15, 0.2) is 40.8 Å². The molecular formula is C21H25N3O5S.